The molecule has 0 spiro atoms. The first-order valence-corrected chi connectivity index (χ1v) is 7.12. The van der Waals surface area contributed by atoms with Gasteiger partial charge < -0.3 is 10.2 Å². The zero-order valence-corrected chi connectivity index (χ0v) is 11.2. The van der Waals surface area contributed by atoms with Gasteiger partial charge in [0.15, 0.2) is 0 Å². The third-order valence-electron chi connectivity index (χ3n) is 4.31. The molecule has 3 nitrogen and oxygen atoms in total. The minimum Gasteiger partial charge on any atom is -0.353 e. The van der Waals surface area contributed by atoms with E-state index in [1.165, 1.54) is 32.1 Å². The van der Waals surface area contributed by atoms with E-state index in [2.05, 4.69) is 24.3 Å². The predicted molar refractivity (Wildman–Crippen MR) is 69.8 cm³/mol. The van der Waals surface area contributed by atoms with Crippen molar-refractivity contribution in [2.75, 3.05) is 20.6 Å². The number of carbonyl (C=O) groups excluding carboxylic acids is 1. The quantitative estimate of drug-likeness (QED) is 0.812. The third-order valence-corrected chi connectivity index (χ3v) is 4.31. The van der Waals surface area contributed by atoms with Crippen molar-refractivity contribution in [1.82, 2.24) is 10.2 Å². The van der Waals surface area contributed by atoms with Crippen LogP contribution in [0.15, 0.2) is 0 Å². The summed E-state index contributed by atoms with van der Waals surface area (Å²) in [5, 5.41) is 3.31. The molecule has 2 aliphatic carbocycles. The summed E-state index contributed by atoms with van der Waals surface area (Å²) < 4.78 is 0. The Morgan fingerprint density at radius 1 is 1.12 bits per heavy atom. The average Bonchev–Trinajstić information content (AvgIpc) is 2.17. The van der Waals surface area contributed by atoms with Gasteiger partial charge in [0.25, 0.3) is 0 Å². The van der Waals surface area contributed by atoms with Crippen molar-refractivity contribution in [3.8, 4) is 0 Å². The Kier molecular flexibility index (Phi) is 4.43. The molecule has 2 rings (SSSR count). The van der Waals surface area contributed by atoms with E-state index in [4.69, 9.17) is 0 Å². The first-order chi connectivity index (χ1) is 8.16. The highest BCUT2D eigenvalue weighted by Crippen LogP contribution is 2.29. The van der Waals surface area contributed by atoms with Crippen molar-refractivity contribution in [2.24, 2.45) is 11.8 Å². The maximum absolute atomic E-state index is 12.0. The van der Waals surface area contributed by atoms with Crippen molar-refractivity contribution in [3.05, 3.63) is 0 Å². The van der Waals surface area contributed by atoms with Crippen LogP contribution < -0.4 is 5.32 Å². The summed E-state index contributed by atoms with van der Waals surface area (Å²) in [6, 6.07) is 0.430. The molecule has 0 aliphatic heterocycles. The van der Waals surface area contributed by atoms with E-state index in [9.17, 15) is 4.79 Å². The highest BCUT2D eigenvalue weighted by atomic mass is 16.2. The van der Waals surface area contributed by atoms with Gasteiger partial charge in [-0.15, -0.1) is 0 Å². The first kappa shape index (κ1) is 12.9. The first-order valence-electron chi connectivity index (χ1n) is 7.12. The summed E-state index contributed by atoms with van der Waals surface area (Å²) in [6.45, 7) is 1.11. The van der Waals surface area contributed by atoms with Gasteiger partial charge in [0.2, 0.25) is 5.91 Å². The fourth-order valence-electron chi connectivity index (χ4n) is 3.06. The van der Waals surface area contributed by atoms with Crippen LogP contribution in [0.2, 0.25) is 0 Å². The largest absolute Gasteiger partial charge is 0.353 e. The van der Waals surface area contributed by atoms with Crippen LogP contribution in [0.4, 0.5) is 0 Å². The molecule has 1 amide bonds. The molecule has 0 bridgehead atoms. The summed E-state index contributed by atoms with van der Waals surface area (Å²) in [5.74, 6) is 1.31. The van der Waals surface area contributed by atoms with Crippen molar-refractivity contribution >= 4 is 5.91 Å². The lowest BCUT2D eigenvalue weighted by Gasteiger charge is -2.36. The number of hydrogen-bond donors (Lipinski definition) is 1. The van der Waals surface area contributed by atoms with Gasteiger partial charge >= 0.3 is 0 Å². The molecule has 0 heterocycles. The Hall–Kier alpha value is -0.570. The predicted octanol–water partition coefficient (Wildman–Crippen LogP) is 2.02. The Labute approximate surface area is 105 Å². The van der Waals surface area contributed by atoms with Gasteiger partial charge in [0.1, 0.15) is 0 Å². The van der Waals surface area contributed by atoms with Crippen LogP contribution in [-0.2, 0) is 4.79 Å². The molecule has 0 aromatic heterocycles. The standard InChI is InChI=1S/C14H26N2O/c1-16(2)10-12-6-3-4-9-13(12)15-14(17)11-7-5-8-11/h11-13H,3-10H2,1-2H3,(H,15,17). The third kappa shape index (κ3) is 3.44. The molecule has 0 radical (unpaired) electrons. The zero-order valence-electron chi connectivity index (χ0n) is 11.2. The van der Waals surface area contributed by atoms with Gasteiger partial charge in [-0.05, 0) is 45.7 Å². The molecule has 0 aromatic rings. The van der Waals surface area contributed by atoms with Crippen LogP contribution in [0.1, 0.15) is 44.9 Å². The van der Waals surface area contributed by atoms with E-state index >= 15 is 0 Å². The lowest BCUT2D eigenvalue weighted by atomic mass is 9.81. The number of rotatable bonds is 4. The van der Waals surface area contributed by atoms with Gasteiger partial charge in [-0.1, -0.05) is 19.3 Å². The van der Waals surface area contributed by atoms with Crippen molar-refractivity contribution in [1.29, 1.82) is 0 Å². The summed E-state index contributed by atoms with van der Waals surface area (Å²) >= 11 is 0. The molecule has 2 atom stereocenters. The van der Waals surface area contributed by atoms with E-state index in [0.29, 0.717) is 23.8 Å². The lowest BCUT2D eigenvalue weighted by Crippen LogP contribution is -2.48. The number of hydrogen-bond acceptors (Lipinski definition) is 2. The van der Waals surface area contributed by atoms with E-state index in [0.717, 1.165) is 19.4 Å². The Morgan fingerprint density at radius 2 is 1.82 bits per heavy atom. The normalized spacial score (nSPS) is 30.1. The van der Waals surface area contributed by atoms with Gasteiger partial charge in [-0.3, -0.25) is 4.79 Å². The van der Waals surface area contributed by atoms with Crippen LogP contribution in [-0.4, -0.2) is 37.5 Å². The highest BCUT2D eigenvalue weighted by Gasteiger charge is 2.31. The van der Waals surface area contributed by atoms with Gasteiger partial charge in [-0.2, -0.15) is 0 Å². The lowest BCUT2D eigenvalue weighted by molar-refractivity contribution is -0.128. The molecule has 98 valence electrons. The average molecular weight is 238 g/mol. The summed E-state index contributed by atoms with van der Waals surface area (Å²) in [4.78, 5) is 14.2. The molecule has 2 unspecified atom stereocenters. The number of nitrogens with zero attached hydrogens (tertiary/aromatic N) is 1. The summed E-state index contributed by atoms with van der Waals surface area (Å²) in [7, 11) is 4.25. The molecule has 1 N–H and O–H groups in total. The second-order valence-corrected chi connectivity index (χ2v) is 6.05. The van der Waals surface area contributed by atoms with Gasteiger partial charge in [0, 0.05) is 18.5 Å². The molecule has 3 heteroatoms. The molecule has 0 saturated heterocycles. The van der Waals surface area contributed by atoms with Gasteiger partial charge in [0.05, 0.1) is 0 Å². The van der Waals surface area contributed by atoms with Crippen molar-refractivity contribution < 1.29 is 4.79 Å². The van der Waals surface area contributed by atoms with Crippen LogP contribution in [0.25, 0.3) is 0 Å². The molecular formula is C14H26N2O. The minimum atomic E-state index is 0.326. The van der Waals surface area contributed by atoms with Crippen LogP contribution in [0.5, 0.6) is 0 Å². The zero-order chi connectivity index (χ0) is 12.3. The molecule has 2 saturated carbocycles. The molecule has 2 fully saturated rings. The van der Waals surface area contributed by atoms with E-state index in [-0.39, 0.29) is 0 Å². The minimum absolute atomic E-state index is 0.326. The Balaban J connectivity index is 1.84. The molecule has 17 heavy (non-hydrogen) atoms. The fourth-order valence-corrected chi connectivity index (χ4v) is 3.06. The van der Waals surface area contributed by atoms with Crippen LogP contribution in [0.3, 0.4) is 0 Å². The topological polar surface area (TPSA) is 32.3 Å². The Bertz CT molecular complexity index is 261. The Morgan fingerprint density at radius 3 is 2.41 bits per heavy atom. The maximum atomic E-state index is 12.0. The van der Waals surface area contributed by atoms with E-state index in [1.54, 1.807) is 0 Å². The van der Waals surface area contributed by atoms with Gasteiger partial charge in [-0.25, -0.2) is 0 Å². The summed E-state index contributed by atoms with van der Waals surface area (Å²) in [5.41, 5.74) is 0. The number of amides is 1. The second-order valence-electron chi connectivity index (χ2n) is 6.05. The molecular weight excluding hydrogens is 212 g/mol. The molecule has 2 aliphatic rings. The van der Waals surface area contributed by atoms with Crippen molar-refractivity contribution in [3.63, 3.8) is 0 Å². The second kappa shape index (κ2) is 5.85. The number of nitrogens with one attached hydrogen (secondary N) is 1. The smallest absolute Gasteiger partial charge is 0.223 e. The van der Waals surface area contributed by atoms with E-state index in [1.807, 2.05) is 0 Å². The van der Waals surface area contributed by atoms with Crippen LogP contribution in [0, 0.1) is 11.8 Å². The monoisotopic (exact) mass is 238 g/mol. The fraction of sp³-hybridized carbons (Fsp3) is 0.929. The van der Waals surface area contributed by atoms with E-state index < -0.39 is 0 Å². The van der Waals surface area contributed by atoms with Crippen LogP contribution >= 0.6 is 0 Å². The van der Waals surface area contributed by atoms with Crippen molar-refractivity contribution in [2.45, 2.75) is 51.0 Å². The molecule has 0 aromatic carbocycles. The highest BCUT2D eigenvalue weighted by molar-refractivity contribution is 5.79. The summed E-state index contributed by atoms with van der Waals surface area (Å²) in [6.07, 6.45) is 8.51. The number of carbonyl (C=O) groups is 1. The maximum Gasteiger partial charge on any atom is 0.223 e. The SMILES string of the molecule is CN(C)CC1CCCCC1NC(=O)C1CCC1.